The Labute approximate surface area is 210 Å². The zero-order chi connectivity index (χ0) is 26.2. The summed E-state index contributed by atoms with van der Waals surface area (Å²) in [5, 5.41) is 0.267. The molecule has 2 aromatic heterocycles. The molecule has 0 bridgehead atoms. The molecule has 2 aromatic carbocycles. The summed E-state index contributed by atoms with van der Waals surface area (Å²) in [6, 6.07) is 11.7. The SMILES string of the molecule is FC1(F)Oc2ccc(-c3cc(Cl)ncn3)cc2O1.[C-]#[N+]c1cc(-c2ccc3c(c2)OC(F)(F)O3)ncn1. The van der Waals surface area contributed by atoms with Gasteiger partial charge in [-0.05, 0) is 42.5 Å². The van der Waals surface area contributed by atoms with Gasteiger partial charge >= 0.3 is 12.6 Å². The van der Waals surface area contributed by atoms with E-state index in [4.69, 9.17) is 18.2 Å². The van der Waals surface area contributed by atoms with Gasteiger partial charge in [-0.15, -0.1) is 22.5 Å². The standard InChI is InChI=1S/C12H5F2N3O2.C11H5ClF2N2O2/c1-15-11-5-8(16-6-17-11)7-2-3-9-10(4-7)19-12(13,14)18-9;12-10-4-7(15-5-16-10)6-1-2-8-9(3-6)18-11(13,14)17-8/h2-6H;1-5H. The van der Waals surface area contributed by atoms with Crippen LogP contribution in [0, 0.1) is 6.57 Å². The fraction of sp³-hybridized carbons (Fsp3) is 0.0870. The average Bonchev–Trinajstić information content (AvgIpc) is 3.35. The molecular formula is C23H10ClF4N5O4. The second-order valence-electron chi connectivity index (χ2n) is 7.26. The van der Waals surface area contributed by atoms with Crippen LogP contribution in [-0.2, 0) is 0 Å². The molecule has 0 atom stereocenters. The first-order valence-electron chi connectivity index (χ1n) is 10.1. The molecule has 0 saturated heterocycles. The summed E-state index contributed by atoms with van der Waals surface area (Å²) >= 11 is 5.73. The Morgan fingerprint density at radius 1 is 0.649 bits per heavy atom. The number of ether oxygens (including phenoxy) is 4. The van der Waals surface area contributed by atoms with Crippen LogP contribution >= 0.6 is 11.6 Å². The average molecular weight is 532 g/mol. The number of nitrogens with zero attached hydrogens (tertiary/aromatic N) is 5. The summed E-state index contributed by atoms with van der Waals surface area (Å²) in [5.41, 5.74) is 2.07. The zero-order valence-electron chi connectivity index (χ0n) is 18.0. The van der Waals surface area contributed by atoms with Crippen LogP contribution in [0.3, 0.4) is 0 Å². The highest BCUT2D eigenvalue weighted by molar-refractivity contribution is 6.29. The molecule has 4 aromatic rings. The summed E-state index contributed by atoms with van der Waals surface area (Å²) in [5.74, 6) is 0.0304. The molecule has 0 radical (unpaired) electrons. The summed E-state index contributed by atoms with van der Waals surface area (Å²) in [4.78, 5) is 18.6. The van der Waals surface area contributed by atoms with Gasteiger partial charge in [-0.25, -0.2) is 15.0 Å². The van der Waals surface area contributed by atoms with Crippen LogP contribution in [0.1, 0.15) is 0 Å². The molecule has 4 heterocycles. The Morgan fingerprint density at radius 3 is 1.65 bits per heavy atom. The van der Waals surface area contributed by atoms with E-state index in [0.29, 0.717) is 22.5 Å². The zero-order valence-corrected chi connectivity index (χ0v) is 18.8. The maximum atomic E-state index is 12.9. The summed E-state index contributed by atoms with van der Waals surface area (Å²) < 4.78 is 68.7. The number of benzene rings is 2. The highest BCUT2D eigenvalue weighted by Crippen LogP contribution is 2.43. The van der Waals surface area contributed by atoms with E-state index in [0.717, 1.165) is 0 Å². The third-order valence-electron chi connectivity index (χ3n) is 4.79. The molecule has 0 saturated carbocycles. The monoisotopic (exact) mass is 531 g/mol. The van der Waals surface area contributed by atoms with E-state index in [1.165, 1.54) is 49.1 Å². The third-order valence-corrected chi connectivity index (χ3v) is 5.00. The van der Waals surface area contributed by atoms with Gasteiger partial charge in [-0.3, -0.25) is 0 Å². The fourth-order valence-corrected chi connectivity index (χ4v) is 3.42. The molecule has 2 aliphatic heterocycles. The lowest BCUT2D eigenvalue weighted by Crippen LogP contribution is -2.25. The molecule has 0 unspecified atom stereocenters. The van der Waals surface area contributed by atoms with Crippen LogP contribution in [0.2, 0.25) is 5.15 Å². The smallest absolute Gasteiger partial charge is 0.395 e. The third kappa shape index (κ3) is 5.29. The molecule has 14 heteroatoms. The van der Waals surface area contributed by atoms with E-state index in [9.17, 15) is 17.6 Å². The maximum Gasteiger partial charge on any atom is 0.586 e. The molecule has 0 amide bonds. The van der Waals surface area contributed by atoms with Crippen LogP contribution in [0.25, 0.3) is 27.4 Å². The molecule has 2 aliphatic rings. The topological polar surface area (TPSA) is 92.8 Å². The number of alkyl halides is 4. The Morgan fingerprint density at radius 2 is 1.14 bits per heavy atom. The van der Waals surface area contributed by atoms with Crippen molar-refractivity contribution in [2.24, 2.45) is 0 Å². The Kier molecular flexibility index (Phi) is 5.88. The predicted molar refractivity (Wildman–Crippen MR) is 119 cm³/mol. The van der Waals surface area contributed by atoms with E-state index in [1.54, 1.807) is 12.1 Å². The van der Waals surface area contributed by atoms with E-state index < -0.39 is 12.6 Å². The lowest BCUT2D eigenvalue weighted by molar-refractivity contribution is -0.287. The quantitative estimate of drug-likeness (QED) is 0.173. The fourth-order valence-electron chi connectivity index (χ4n) is 3.27. The maximum absolute atomic E-state index is 12.9. The lowest BCUT2D eigenvalue weighted by Gasteiger charge is -2.04. The van der Waals surface area contributed by atoms with Crippen molar-refractivity contribution in [2.75, 3.05) is 0 Å². The largest absolute Gasteiger partial charge is 0.586 e. The molecule has 0 fully saturated rings. The number of aromatic nitrogens is 4. The highest BCUT2D eigenvalue weighted by atomic mass is 35.5. The van der Waals surface area contributed by atoms with Gasteiger partial charge in [-0.1, -0.05) is 18.2 Å². The van der Waals surface area contributed by atoms with Gasteiger partial charge in [-0.2, -0.15) is 0 Å². The second kappa shape index (κ2) is 9.07. The Bertz CT molecular complexity index is 1550. The predicted octanol–water partition coefficient (Wildman–Crippen LogP) is 6.13. The molecular weight excluding hydrogens is 522 g/mol. The van der Waals surface area contributed by atoms with Crippen molar-refractivity contribution < 1.29 is 36.5 Å². The first-order chi connectivity index (χ1) is 17.6. The van der Waals surface area contributed by atoms with Crippen LogP contribution in [0.15, 0.2) is 61.2 Å². The number of fused-ring (bicyclic) bond motifs is 2. The van der Waals surface area contributed by atoms with Gasteiger partial charge in [0.2, 0.25) is 6.33 Å². The van der Waals surface area contributed by atoms with Crippen molar-refractivity contribution in [3.05, 3.63) is 77.8 Å². The first kappa shape index (κ1) is 24.0. The van der Waals surface area contributed by atoms with Crippen molar-refractivity contribution >= 4 is 17.4 Å². The molecule has 0 aliphatic carbocycles. The van der Waals surface area contributed by atoms with Gasteiger partial charge < -0.3 is 23.8 Å². The van der Waals surface area contributed by atoms with Gasteiger partial charge in [0.05, 0.1) is 11.4 Å². The van der Waals surface area contributed by atoms with Crippen LogP contribution in [-0.4, -0.2) is 32.5 Å². The number of halogens is 5. The van der Waals surface area contributed by atoms with Crippen LogP contribution in [0.4, 0.5) is 23.4 Å². The van der Waals surface area contributed by atoms with Crippen LogP contribution < -0.4 is 18.9 Å². The molecule has 9 nitrogen and oxygen atoms in total. The summed E-state index contributed by atoms with van der Waals surface area (Å²) in [6.07, 6.45) is -4.74. The first-order valence-corrected chi connectivity index (χ1v) is 10.5. The van der Waals surface area contributed by atoms with E-state index in [1.807, 2.05) is 0 Å². The molecule has 37 heavy (non-hydrogen) atoms. The summed E-state index contributed by atoms with van der Waals surface area (Å²) in [7, 11) is 0. The van der Waals surface area contributed by atoms with E-state index >= 15 is 0 Å². The summed E-state index contributed by atoms with van der Waals surface area (Å²) in [6.45, 7) is 6.87. The minimum absolute atomic E-state index is 0.0103. The number of hydrogen-bond acceptors (Lipinski definition) is 8. The Hall–Kier alpha value is -4.70. The molecule has 186 valence electrons. The van der Waals surface area contributed by atoms with Crippen molar-refractivity contribution in [2.45, 2.75) is 12.6 Å². The highest BCUT2D eigenvalue weighted by Gasteiger charge is 2.44. The minimum Gasteiger partial charge on any atom is -0.395 e. The number of rotatable bonds is 2. The second-order valence-corrected chi connectivity index (χ2v) is 7.64. The van der Waals surface area contributed by atoms with Gasteiger partial charge in [0.25, 0.3) is 5.82 Å². The van der Waals surface area contributed by atoms with Crippen molar-refractivity contribution in [3.63, 3.8) is 0 Å². The van der Waals surface area contributed by atoms with E-state index in [2.05, 4.69) is 43.7 Å². The minimum atomic E-state index is -3.64. The van der Waals surface area contributed by atoms with Crippen molar-refractivity contribution in [1.29, 1.82) is 0 Å². The van der Waals surface area contributed by atoms with Crippen LogP contribution in [0.5, 0.6) is 23.0 Å². The van der Waals surface area contributed by atoms with Gasteiger partial charge in [0.1, 0.15) is 11.5 Å². The molecule has 6 rings (SSSR count). The number of hydrogen-bond donors (Lipinski definition) is 0. The molecule has 0 spiro atoms. The van der Waals surface area contributed by atoms with Crippen molar-refractivity contribution in [3.8, 4) is 45.5 Å². The molecule has 0 N–H and O–H groups in total. The Balaban J connectivity index is 0.000000152. The normalized spacial score (nSPS) is 15.4. The van der Waals surface area contributed by atoms with E-state index in [-0.39, 0.29) is 34.0 Å². The lowest BCUT2D eigenvalue weighted by atomic mass is 10.1. The van der Waals surface area contributed by atoms with Crippen molar-refractivity contribution in [1.82, 2.24) is 19.9 Å². The van der Waals surface area contributed by atoms with Gasteiger partial charge in [0.15, 0.2) is 23.0 Å². The van der Waals surface area contributed by atoms with Gasteiger partial charge in [0, 0.05) is 17.2 Å².